The minimum absolute atomic E-state index is 0.163. The van der Waals surface area contributed by atoms with Crippen molar-refractivity contribution >= 4 is 10.0 Å². The Balaban J connectivity index is 3.05. The second kappa shape index (κ2) is 4.24. The first-order valence-corrected chi connectivity index (χ1v) is 5.78. The summed E-state index contributed by atoms with van der Waals surface area (Å²) in [6, 6.07) is 2.74. The van der Waals surface area contributed by atoms with E-state index in [9.17, 15) is 17.2 Å². The number of sulfonamides is 1. The van der Waals surface area contributed by atoms with E-state index in [4.69, 9.17) is 0 Å². The van der Waals surface area contributed by atoms with E-state index in [1.54, 1.807) is 0 Å². The van der Waals surface area contributed by atoms with Gasteiger partial charge in [-0.15, -0.1) is 0 Å². The van der Waals surface area contributed by atoms with E-state index in [1.165, 1.54) is 14.1 Å². The first kappa shape index (κ1) is 12.1. The van der Waals surface area contributed by atoms with E-state index in [0.717, 1.165) is 22.5 Å². The molecule has 0 spiro atoms. The van der Waals surface area contributed by atoms with E-state index in [-0.39, 0.29) is 5.56 Å². The van der Waals surface area contributed by atoms with Crippen LogP contribution in [0.25, 0.3) is 0 Å². The topological polar surface area (TPSA) is 37.4 Å². The van der Waals surface area contributed by atoms with E-state index >= 15 is 0 Å². The van der Waals surface area contributed by atoms with Crippen molar-refractivity contribution in [2.24, 2.45) is 0 Å². The molecule has 0 aliphatic carbocycles. The van der Waals surface area contributed by atoms with Gasteiger partial charge in [0.15, 0.2) is 0 Å². The van der Waals surface area contributed by atoms with Crippen LogP contribution in [0.3, 0.4) is 0 Å². The molecule has 0 atom stereocenters. The van der Waals surface area contributed by atoms with Gasteiger partial charge in [-0.1, -0.05) is 0 Å². The van der Waals surface area contributed by atoms with Crippen molar-refractivity contribution in [2.75, 3.05) is 14.1 Å². The molecule has 0 saturated heterocycles. The van der Waals surface area contributed by atoms with Gasteiger partial charge >= 0.3 is 0 Å². The van der Waals surface area contributed by atoms with Gasteiger partial charge in [0.2, 0.25) is 10.0 Å². The average molecular weight is 235 g/mol. The highest BCUT2D eigenvalue weighted by Crippen LogP contribution is 2.14. The second-order valence-corrected chi connectivity index (χ2v) is 5.46. The number of rotatable bonds is 3. The van der Waals surface area contributed by atoms with E-state index in [1.807, 2.05) is 0 Å². The molecule has 0 bridgehead atoms. The first-order valence-electron chi connectivity index (χ1n) is 4.17. The Bertz CT molecular complexity index is 457. The van der Waals surface area contributed by atoms with Gasteiger partial charge in [0.1, 0.15) is 11.6 Å². The third kappa shape index (κ3) is 2.97. The Morgan fingerprint density at radius 1 is 1.27 bits per heavy atom. The summed E-state index contributed by atoms with van der Waals surface area (Å²) in [5.74, 6) is -1.91. The Labute approximate surface area is 87.4 Å². The summed E-state index contributed by atoms with van der Waals surface area (Å²) in [5, 5.41) is 0. The lowest BCUT2D eigenvalue weighted by molar-refractivity contribution is 0.516. The van der Waals surface area contributed by atoms with Crippen LogP contribution >= 0.6 is 0 Å². The fourth-order valence-electron chi connectivity index (χ4n) is 0.980. The van der Waals surface area contributed by atoms with Crippen LogP contribution in [0.1, 0.15) is 5.56 Å². The molecule has 0 heterocycles. The fourth-order valence-corrected chi connectivity index (χ4v) is 1.85. The molecule has 0 N–H and O–H groups in total. The van der Waals surface area contributed by atoms with Crippen molar-refractivity contribution in [3.8, 4) is 0 Å². The Kier molecular flexibility index (Phi) is 3.41. The molecule has 1 rings (SSSR count). The summed E-state index contributed by atoms with van der Waals surface area (Å²) in [4.78, 5) is 0. The first-order chi connectivity index (χ1) is 6.83. The lowest BCUT2D eigenvalue weighted by Crippen LogP contribution is -2.24. The van der Waals surface area contributed by atoms with Gasteiger partial charge in [0, 0.05) is 19.7 Å². The second-order valence-electron chi connectivity index (χ2n) is 3.27. The van der Waals surface area contributed by atoms with Crippen LogP contribution in [-0.4, -0.2) is 26.8 Å². The zero-order chi connectivity index (χ0) is 11.6. The van der Waals surface area contributed by atoms with Gasteiger partial charge < -0.3 is 0 Å². The van der Waals surface area contributed by atoms with Crippen molar-refractivity contribution in [3.05, 3.63) is 35.4 Å². The number of benzene rings is 1. The molecule has 0 saturated carbocycles. The number of halogens is 2. The van der Waals surface area contributed by atoms with Gasteiger partial charge in [-0.25, -0.2) is 21.5 Å². The van der Waals surface area contributed by atoms with Gasteiger partial charge in [-0.2, -0.15) is 0 Å². The quantitative estimate of drug-likeness (QED) is 0.793. The molecule has 0 aromatic heterocycles. The van der Waals surface area contributed by atoms with E-state index < -0.39 is 27.4 Å². The molecule has 6 heteroatoms. The molecular weight excluding hydrogens is 224 g/mol. The third-order valence-electron chi connectivity index (χ3n) is 1.90. The molecule has 0 aliphatic heterocycles. The molecule has 0 fully saturated rings. The summed E-state index contributed by atoms with van der Waals surface area (Å²) in [7, 11) is -0.884. The molecule has 3 nitrogen and oxygen atoms in total. The molecule has 1 aromatic carbocycles. The maximum Gasteiger partial charge on any atom is 0.217 e. The predicted molar refractivity (Wildman–Crippen MR) is 52.7 cm³/mol. The lowest BCUT2D eigenvalue weighted by atomic mass is 10.2. The molecular formula is C9H11F2NO2S. The predicted octanol–water partition coefficient (Wildman–Crippen LogP) is 1.36. The lowest BCUT2D eigenvalue weighted by Gasteiger charge is -2.11. The van der Waals surface area contributed by atoms with Crippen molar-refractivity contribution < 1.29 is 17.2 Å². The van der Waals surface area contributed by atoms with Gasteiger partial charge in [-0.05, 0) is 18.2 Å². The molecule has 0 aliphatic rings. The zero-order valence-electron chi connectivity index (χ0n) is 8.37. The van der Waals surface area contributed by atoms with Crippen LogP contribution in [0, 0.1) is 11.6 Å². The standard InChI is InChI=1S/C9H11F2NO2S/c1-12(2)15(13,14)6-7-5-8(10)3-4-9(7)11/h3-5H,6H2,1-2H3. The van der Waals surface area contributed by atoms with Gasteiger partial charge in [0.05, 0.1) is 5.75 Å². The maximum absolute atomic E-state index is 13.1. The van der Waals surface area contributed by atoms with Crippen LogP contribution in [0.2, 0.25) is 0 Å². The van der Waals surface area contributed by atoms with Crippen LogP contribution in [0.15, 0.2) is 18.2 Å². The molecule has 1 aromatic rings. The highest BCUT2D eigenvalue weighted by atomic mass is 32.2. The zero-order valence-corrected chi connectivity index (χ0v) is 9.18. The monoisotopic (exact) mass is 235 g/mol. The van der Waals surface area contributed by atoms with Crippen molar-refractivity contribution in [1.29, 1.82) is 0 Å². The highest BCUT2D eigenvalue weighted by Gasteiger charge is 2.17. The van der Waals surface area contributed by atoms with Crippen LogP contribution in [0.4, 0.5) is 8.78 Å². The molecule has 0 radical (unpaired) electrons. The van der Waals surface area contributed by atoms with Crippen molar-refractivity contribution in [2.45, 2.75) is 5.75 Å². The Morgan fingerprint density at radius 3 is 2.40 bits per heavy atom. The molecule has 0 amide bonds. The van der Waals surface area contributed by atoms with Crippen LogP contribution in [-0.2, 0) is 15.8 Å². The number of nitrogens with zero attached hydrogens (tertiary/aromatic N) is 1. The van der Waals surface area contributed by atoms with Crippen molar-refractivity contribution in [1.82, 2.24) is 4.31 Å². The summed E-state index contributed by atoms with van der Waals surface area (Å²) in [5.41, 5.74) is -0.163. The van der Waals surface area contributed by atoms with Gasteiger partial charge in [-0.3, -0.25) is 0 Å². The summed E-state index contributed by atoms with van der Waals surface area (Å²) < 4.78 is 49.6. The largest absolute Gasteiger partial charge is 0.217 e. The molecule has 15 heavy (non-hydrogen) atoms. The summed E-state index contributed by atoms with van der Waals surface area (Å²) in [6.45, 7) is 0. The van der Waals surface area contributed by atoms with Crippen LogP contribution in [0.5, 0.6) is 0 Å². The average Bonchev–Trinajstić information content (AvgIpc) is 2.10. The summed E-state index contributed by atoms with van der Waals surface area (Å²) >= 11 is 0. The van der Waals surface area contributed by atoms with Crippen molar-refractivity contribution in [3.63, 3.8) is 0 Å². The molecule has 0 unspecified atom stereocenters. The Hall–Kier alpha value is -1.01. The number of hydrogen-bond acceptors (Lipinski definition) is 2. The van der Waals surface area contributed by atoms with Gasteiger partial charge in [0.25, 0.3) is 0 Å². The highest BCUT2D eigenvalue weighted by molar-refractivity contribution is 7.88. The van der Waals surface area contributed by atoms with Crippen LogP contribution < -0.4 is 0 Å². The minimum Gasteiger partial charge on any atom is -0.212 e. The summed E-state index contributed by atoms with van der Waals surface area (Å²) in [6.07, 6.45) is 0. The fraction of sp³-hybridized carbons (Fsp3) is 0.333. The number of hydrogen-bond donors (Lipinski definition) is 0. The van der Waals surface area contributed by atoms with E-state index in [2.05, 4.69) is 0 Å². The Morgan fingerprint density at radius 2 is 1.87 bits per heavy atom. The normalized spacial score (nSPS) is 12.1. The maximum atomic E-state index is 13.1. The van der Waals surface area contributed by atoms with E-state index in [0.29, 0.717) is 0 Å². The smallest absolute Gasteiger partial charge is 0.212 e. The molecule has 84 valence electrons. The minimum atomic E-state index is -3.56. The third-order valence-corrected chi connectivity index (χ3v) is 3.69. The SMILES string of the molecule is CN(C)S(=O)(=O)Cc1cc(F)ccc1F.